The first-order valence-electron chi connectivity index (χ1n) is 8.92. The summed E-state index contributed by atoms with van der Waals surface area (Å²) in [5, 5.41) is 38.7. The Morgan fingerprint density at radius 1 is 1.09 bits per heavy atom. The van der Waals surface area contributed by atoms with Crippen molar-refractivity contribution in [1.29, 1.82) is 5.26 Å². The predicted octanol–water partition coefficient (Wildman–Crippen LogP) is -6.08. The van der Waals surface area contributed by atoms with Gasteiger partial charge in [-0.1, -0.05) is 29.8 Å². The molecule has 0 bridgehead atoms. The van der Waals surface area contributed by atoms with Crippen molar-refractivity contribution >= 4 is 19.4 Å². The fourth-order valence-electron chi connectivity index (χ4n) is 3.06. The molecule has 0 radical (unpaired) electrons. The van der Waals surface area contributed by atoms with Crippen LogP contribution in [0.5, 0.6) is 5.75 Å². The summed E-state index contributed by atoms with van der Waals surface area (Å²) >= 11 is 6.26. The number of phosphoric acid groups is 1. The summed E-state index contributed by atoms with van der Waals surface area (Å²) in [6, 6.07) is 13.4. The van der Waals surface area contributed by atoms with Crippen LogP contribution in [0.2, 0.25) is 5.02 Å². The SMILES string of the molecule is N#Cc1ccc(-c2ccc(O[C@H]3O[C@H](CO)[C@@H](O)[C@H](OP(=O)([O-])[O-])[C@@H]3O)c(Cl)c2)cc1.[Na+].[Na+]. The van der Waals surface area contributed by atoms with Crippen molar-refractivity contribution in [3.63, 3.8) is 0 Å². The Morgan fingerprint density at radius 3 is 2.21 bits per heavy atom. The van der Waals surface area contributed by atoms with E-state index in [9.17, 15) is 29.7 Å². The Morgan fingerprint density at radius 2 is 1.70 bits per heavy atom. The predicted molar refractivity (Wildman–Crippen MR) is 102 cm³/mol. The van der Waals surface area contributed by atoms with E-state index in [0.717, 1.165) is 5.56 Å². The number of ether oxygens (including phenoxy) is 2. The zero-order chi connectivity index (χ0) is 22.8. The van der Waals surface area contributed by atoms with Gasteiger partial charge in [0.25, 0.3) is 0 Å². The number of rotatable bonds is 6. The molecule has 1 aliphatic heterocycles. The maximum atomic E-state index is 11.0. The first-order chi connectivity index (χ1) is 14.6. The number of benzene rings is 2. The van der Waals surface area contributed by atoms with Gasteiger partial charge in [-0.25, -0.2) is 0 Å². The minimum Gasteiger partial charge on any atom is -0.790 e. The Labute approximate surface area is 238 Å². The minimum absolute atomic E-state index is 0. The fourth-order valence-corrected chi connectivity index (χ4v) is 3.83. The fraction of sp³-hybridized carbons (Fsp3) is 0.316. The molecule has 1 saturated heterocycles. The van der Waals surface area contributed by atoms with Crippen molar-refractivity contribution in [3.05, 3.63) is 53.1 Å². The number of phosphoric ester groups is 1. The number of hydrogen-bond acceptors (Lipinski definition) is 10. The van der Waals surface area contributed by atoms with Gasteiger partial charge in [0, 0.05) is 0 Å². The maximum absolute atomic E-state index is 11.0. The van der Waals surface area contributed by atoms with Crippen LogP contribution in [0.15, 0.2) is 42.5 Å². The zero-order valence-corrected chi connectivity index (χ0v) is 23.3. The first kappa shape index (κ1) is 31.0. The van der Waals surface area contributed by atoms with Crippen LogP contribution in [0.25, 0.3) is 11.1 Å². The van der Waals surface area contributed by atoms with E-state index in [4.69, 9.17) is 26.3 Å². The normalized spacial score (nSPS) is 24.7. The topological polar surface area (TPSA) is 175 Å². The van der Waals surface area contributed by atoms with Gasteiger partial charge in [0.15, 0.2) is 0 Å². The summed E-state index contributed by atoms with van der Waals surface area (Å²) in [7, 11) is -5.57. The molecule has 0 aromatic heterocycles. The van der Waals surface area contributed by atoms with Crippen LogP contribution in [-0.4, -0.2) is 52.6 Å². The van der Waals surface area contributed by atoms with Crippen LogP contribution < -0.4 is 73.6 Å². The minimum atomic E-state index is -5.57. The molecule has 0 amide bonds. The van der Waals surface area contributed by atoms with Crippen molar-refractivity contribution in [1.82, 2.24) is 0 Å². The molecule has 14 heteroatoms. The molecule has 1 aliphatic rings. The Hall–Kier alpha value is -0.0300. The Bertz CT molecular complexity index is 1020. The standard InChI is InChI=1S/C19H19ClNO9P.2Na/c20-13-7-12(11-3-1-10(8-21)2-4-11)5-6-14(13)28-19-17(24)18(30-31(25,26)27)16(23)15(9-22)29-19;;/h1-7,15-19,22-24H,9H2,(H2,25,26,27);;/q;2*+1/p-2/t15-,16-,17+,18+,19+;;/m1../s1. The van der Waals surface area contributed by atoms with E-state index in [0.29, 0.717) is 11.1 Å². The average Bonchev–Trinajstić information content (AvgIpc) is 2.73. The monoisotopic (exact) mass is 515 g/mol. The second-order valence-corrected chi connectivity index (χ2v) is 8.19. The van der Waals surface area contributed by atoms with Gasteiger partial charge < -0.3 is 43.7 Å². The number of hydrogen-bond donors (Lipinski definition) is 3. The average molecular weight is 516 g/mol. The van der Waals surface area contributed by atoms with Crippen molar-refractivity contribution in [2.75, 3.05) is 6.61 Å². The molecule has 1 heterocycles. The third-order valence-electron chi connectivity index (χ3n) is 4.59. The molecule has 0 saturated carbocycles. The third-order valence-corrected chi connectivity index (χ3v) is 5.39. The van der Waals surface area contributed by atoms with Crippen molar-refractivity contribution < 1.29 is 103 Å². The molecule has 0 unspecified atom stereocenters. The van der Waals surface area contributed by atoms with Crippen molar-refractivity contribution in [2.24, 2.45) is 0 Å². The molecule has 1 fully saturated rings. The molecular formula is C19H17ClNNa2O9P. The van der Waals surface area contributed by atoms with Crippen LogP contribution >= 0.6 is 19.4 Å². The van der Waals surface area contributed by atoms with Crippen LogP contribution in [0.3, 0.4) is 0 Å². The number of aliphatic hydroxyl groups excluding tert-OH is 3. The Balaban J connectivity index is 0.00000272. The molecule has 5 atom stereocenters. The van der Waals surface area contributed by atoms with Gasteiger partial charge >= 0.3 is 59.1 Å². The van der Waals surface area contributed by atoms with Crippen LogP contribution in [0, 0.1) is 11.3 Å². The second kappa shape index (κ2) is 13.3. The van der Waals surface area contributed by atoms with Gasteiger partial charge in [0.1, 0.15) is 30.2 Å². The smallest absolute Gasteiger partial charge is 0.790 e. The molecule has 2 aromatic carbocycles. The molecule has 166 valence electrons. The summed E-state index contributed by atoms with van der Waals surface area (Å²) in [6.45, 7) is -0.763. The summed E-state index contributed by atoms with van der Waals surface area (Å²) < 4.78 is 26.0. The van der Waals surface area contributed by atoms with E-state index in [1.807, 2.05) is 6.07 Å². The van der Waals surface area contributed by atoms with E-state index < -0.39 is 45.1 Å². The van der Waals surface area contributed by atoms with E-state index in [2.05, 4.69) is 4.52 Å². The van der Waals surface area contributed by atoms with Gasteiger partial charge in [-0.2, -0.15) is 5.26 Å². The van der Waals surface area contributed by atoms with Gasteiger partial charge in [-0.15, -0.1) is 0 Å². The summed E-state index contributed by atoms with van der Waals surface area (Å²) in [4.78, 5) is 21.9. The van der Waals surface area contributed by atoms with Crippen molar-refractivity contribution in [2.45, 2.75) is 30.7 Å². The number of aliphatic hydroxyl groups is 3. The van der Waals surface area contributed by atoms with Gasteiger partial charge in [0.2, 0.25) is 6.29 Å². The van der Waals surface area contributed by atoms with Gasteiger partial charge in [-0.05, 0) is 35.4 Å². The number of nitrogens with zero attached hydrogens (tertiary/aromatic N) is 1. The van der Waals surface area contributed by atoms with Crippen LogP contribution in [0.4, 0.5) is 0 Å². The molecule has 33 heavy (non-hydrogen) atoms. The molecule has 0 aliphatic carbocycles. The number of halogens is 1. The second-order valence-electron chi connectivity index (χ2n) is 6.68. The molecule has 2 aromatic rings. The molecule has 10 nitrogen and oxygen atoms in total. The zero-order valence-electron chi connectivity index (χ0n) is 17.7. The molecule has 3 rings (SSSR count). The van der Waals surface area contributed by atoms with Gasteiger partial charge in [0.05, 0.1) is 31.1 Å². The molecule has 0 spiro atoms. The van der Waals surface area contributed by atoms with E-state index in [1.54, 1.807) is 36.4 Å². The quantitative estimate of drug-likeness (QED) is 0.248. The summed E-state index contributed by atoms with van der Waals surface area (Å²) in [6.07, 6.45) is -8.58. The van der Waals surface area contributed by atoms with Crippen LogP contribution in [0.1, 0.15) is 5.56 Å². The summed E-state index contributed by atoms with van der Waals surface area (Å²) in [5.74, 6) is 0.0439. The molecular weight excluding hydrogens is 499 g/mol. The molecule has 3 N–H and O–H groups in total. The van der Waals surface area contributed by atoms with Crippen molar-refractivity contribution in [3.8, 4) is 22.9 Å². The Kier molecular flexibility index (Phi) is 12.5. The van der Waals surface area contributed by atoms with E-state index >= 15 is 0 Å². The van der Waals surface area contributed by atoms with Gasteiger partial charge in [-0.3, -0.25) is 0 Å². The first-order valence-corrected chi connectivity index (χ1v) is 10.8. The van der Waals surface area contributed by atoms with E-state index in [1.165, 1.54) is 6.07 Å². The number of nitriles is 1. The summed E-state index contributed by atoms with van der Waals surface area (Å²) in [5.41, 5.74) is 1.98. The third kappa shape index (κ3) is 7.98. The van der Waals surface area contributed by atoms with E-state index in [-0.39, 0.29) is 69.9 Å². The largest absolute Gasteiger partial charge is 1.00 e. The maximum Gasteiger partial charge on any atom is 1.00 e. The van der Waals surface area contributed by atoms with Crippen LogP contribution in [-0.2, 0) is 13.8 Å².